The van der Waals surface area contributed by atoms with Crippen molar-refractivity contribution in [3.05, 3.63) is 42.2 Å². The summed E-state index contributed by atoms with van der Waals surface area (Å²) >= 11 is 0. The van der Waals surface area contributed by atoms with Gasteiger partial charge in [0.25, 0.3) is 5.91 Å². The third-order valence-electron chi connectivity index (χ3n) is 3.47. The first-order chi connectivity index (χ1) is 12.0. The Hall–Kier alpha value is -2.87. The summed E-state index contributed by atoms with van der Waals surface area (Å²) in [6.45, 7) is 2.37. The minimum Gasteiger partial charge on any atom is -0.484 e. The molecule has 1 atom stereocenters. The van der Waals surface area contributed by atoms with Crippen LogP contribution in [0.2, 0.25) is 0 Å². The van der Waals surface area contributed by atoms with Crippen LogP contribution in [-0.4, -0.2) is 41.8 Å². The fourth-order valence-electron chi connectivity index (χ4n) is 2.28. The molecule has 25 heavy (non-hydrogen) atoms. The molecule has 1 unspecified atom stereocenters. The van der Waals surface area contributed by atoms with Crippen LogP contribution in [0.4, 0.5) is 5.69 Å². The molecule has 3 N–H and O–H groups in total. The van der Waals surface area contributed by atoms with Gasteiger partial charge in [0.1, 0.15) is 11.8 Å². The predicted octanol–water partition coefficient (Wildman–Crippen LogP) is 0.834. The number of anilines is 1. The summed E-state index contributed by atoms with van der Waals surface area (Å²) < 4.78 is 7.02. The SMILES string of the molecule is CCNC(=O)COc1ccc(NC(=O)C(NC)c2cnn(C)c2)cc1. The van der Waals surface area contributed by atoms with Gasteiger partial charge in [-0.05, 0) is 38.2 Å². The van der Waals surface area contributed by atoms with E-state index >= 15 is 0 Å². The molecule has 0 saturated carbocycles. The molecule has 8 heteroatoms. The monoisotopic (exact) mass is 345 g/mol. The van der Waals surface area contributed by atoms with Gasteiger partial charge in [-0.15, -0.1) is 0 Å². The second-order valence-electron chi connectivity index (χ2n) is 5.42. The number of aromatic nitrogens is 2. The van der Waals surface area contributed by atoms with Gasteiger partial charge < -0.3 is 20.7 Å². The minimum absolute atomic E-state index is 0.0393. The minimum atomic E-state index is -0.498. The molecule has 0 saturated heterocycles. The van der Waals surface area contributed by atoms with Crippen LogP contribution in [0.25, 0.3) is 0 Å². The van der Waals surface area contributed by atoms with Crippen LogP contribution >= 0.6 is 0 Å². The molecule has 2 aromatic rings. The zero-order chi connectivity index (χ0) is 18.2. The maximum Gasteiger partial charge on any atom is 0.257 e. The van der Waals surface area contributed by atoms with Crippen molar-refractivity contribution >= 4 is 17.5 Å². The second kappa shape index (κ2) is 8.84. The lowest BCUT2D eigenvalue weighted by Crippen LogP contribution is -2.30. The Morgan fingerprint density at radius 3 is 2.56 bits per heavy atom. The number of rotatable bonds is 8. The van der Waals surface area contributed by atoms with E-state index in [1.807, 2.05) is 6.92 Å². The van der Waals surface area contributed by atoms with Crippen LogP contribution in [-0.2, 0) is 16.6 Å². The van der Waals surface area contributed by atoms with Crippen LogP contribution in [0.3, 0.4) is 0 Å². The summed E-state index contributed by atoms with van der Waals surface area (Å²) in [6.07, 6.45) is 3.44. The van der Waals surface area contributed by atoms with Gasteiger partial charge in [-0.1, -0.05) is 0 Å². The molecule has 0 aliphatic heterocycles. The smallest absolute Gasteiger partial charge is 0.257 e. The van der Waals surface area contributed by atoms with Crippen LogP contribution in [0.5, 0.6) is 5.75 Å². The first-order valence-electron chi connectivity index (χ1n) is 7.99. The lowest BCUT2D eigenvalue weighted by atomic mass is 10.1. The van der Waals surface area contributed by atoms with E-state index in [1.165, 1.54) is 0 Å². The number of benzene rings is 1. The molecule has 2 rings (SSSR count). The Morgan fingerprint density at radius 2 is 2.00 bits per heavy atom. The first-order valence-corrected chi connectivity index (χ1v) is 7.99. The van der Waals surface area contributed by atoms with Crippen LogP contribution < -0.4 is 20.7 Å². The molecule has 0 aliphatic carbocycles. The topological polar surface area (TPSA) is 97.3 Å². The molecule has 0 aliphatic rings. The van der Waals surface area contributed by atoms with Crippen LogP contribution in [0.1, 0.15) is 18.5 Å². The molecule has 1 aromatic heterocycles. The Balaban J connectivity index is 1.93. The number of hydrogen-bond donors (Lipinski definition) is 3. The lowest BCUT2D eigenvalue weighted by Gasteiger charge is -2.15. The third-order valence-corrected chi connectivity index (χ3v) is 3.47. The van der Waals surface area contributed by atoms with Crippen molar-refractivity contribution < 1.29 is 14.3 Å². The highest BCUT2D eigenvalue weighted by Gasteiger charge is 2.20. The molecular weight excluding hydrogens is 322 g/mol. The quantitative estimate of drug-likeness (QED) is 0.658. The molecule has 2 amide bonds. The van der Waals surface area contributed by atoms with E-state index in [4.69, 9.17) is 4.74 Å². The highest BCUT2D eigenvalue weighted by atomic mass is 16.5. The second-order valence-corrected chi connectivity index (χ2v) is 5.42. The Labute approximate surface area is 146 Å². The van der Waals surface area contributed by atoms with Crippen molar-refractivity contribution in [1.29, 1.82) is 0 Å². The molecule has 0 bridgehead atoms. The Kier molecular flexibility index (Phi) is 6.53. The molecule has 0 radical (unpaired) electrons. The van der Waals surface area contributed by atoms with E-state index in [9.17, 15) is 9.59 Å². The van der Waals surface area contributed by atoms with E-state index in [0.29, 0.717) is 18.0 Å². The third kappa shape index (κ3) is 5.32. The van der Waals surface area contributed by atoms with E-state index in [1.54, 1.807) is 55.4 Å². The van der Waals surface area contributed by atoms with Gasteiger partial charge in [-0.25, -0.2) is 0 Å². The van der Waals surface area contributed by atoms with Crippen molar-refractivity contribution in [3.8, 4) is 5.75 Å². The van der Waals surface area contributed by atoms with Gasteiger partial charge in [-0.3, -0.25) is 14.3 Å². The van der Waals surface area contributed by atoms with E-state index < -0.39 is 6.04 Å². The molecule has 0 spiro atoms. The number of nitrogens with one attached hydrogen (secondary N) is 3. The zero-order valence-corrected chi connectivity index (χ0v) is 14.6. The van der Waals surface area contributed by atoms with Gasteiger partial charge in [0.05, 0.1) is 6.20 Å². The summed E-state index contributed by atoms with van der Waals surface area (Å²) in [5, 5.41) is 12.5. The van der Waals surface area contributed by atoms with Crippen molar-refractivity contribution in [2.45, 2.75) is 13.0 Å². The number of ether oxygens (including phenoxy) is 1. The fourth-order valence-corrected chi connectivity index (χ4v) is 2.28. The molecule has 1 aromatic carbocycles. The Morgan fingerprint density at radius 1 is 1.28 bits per heavy atom. The summed E-state index contributed by atoms with van der Waals surface area (Å²) in [4.78, 5) is 23.8. The van der Waals surface area contributed by atoms with Gasteiger partial charge in [0.2, 0.25) is 5.91 Å². The molecule has 0 fully saturated rings. The summed E-state index contributed by atoms with van der Waals surface area (Å²) in [7, 11) is 3.52. The van der Waals surface area contributed by atoms with Gasteiger partial charge >= 0.3 is 0 Å². The normalized spacial score (nSPS) is 11.6. The van der Waals surface area contributed by atoms with Gasteiger partial charge in [0, 0.05) is 31.0 Å². The lowest BCUT2D eigenvalue weighted by molar-refractivity contribution is -0.123. The maximum absolute atomic E-state index is 12.4. The number of carbonyl (C=O) groups excluding carboxylic acids is 2. The number of hydrogen-bond acceptors (Lipinski definition) is 5. The van der Waals surface area contributed by atoms with Gasteiger partial charge in [0.15, 0.2) is 6.61 Å². The van der Waals surface area contributed by atoms with E-state index in [2.05, 4.69) is 21.0 Å². The summed E-state index contributed by atoms with van der Waals surface area (Å²) in [5.74, 6) is 0.196. The molecular formula is C17H23N5O3. The first kappa shape index (κ1) is 18.5. The van der Waals surface area contributed by atoms with Crippen molar-refractivity contribution in [1.82, 2.24) is 20.4 Å². The largest absolute Gasteiger partial charge is 0.484 e. The van der Waals surface area contributed by atoms with E-state index in [0.717, 1.165) is 5.56 Å². The highest BCUT2D eigenvalue weighted by Crippen LogP contribution is 2.18. The number of carbonyl (C=O) groups is 2. The highest BCUT2D eigenvalue weighted by molar-refractivity contribution is 5.95. The average Bonchev–Trinajstić information content (AvgIpc) is 3.01. The number of nitrogens with zero attached hydrogens (tertiary/aromatic N) is 2. The molecule has 134 valence electrons. The standard InChI is InChI=1S/C17H23N5O3/c1-4-19-15(23)11-25-14-7-5-13(6-8-14)21-17(24)16(18-2)12-9-20-22(3)10-12/h5-10,16,18H,4,11H2,1-3H3,(H,19,23)(H,21,24). The molecule has 8 nitrogen and oxygen atoms in total. The van der Waals surface area contributed by atoms with Crippen molar-refractivity contribution in [2.75, 3.05) is 25.5 Å². The van der Waals surface area contributed by atoms with Crippen LogP contribution in [0, 0.1) is 0 Å². The fraction of sp³-hybridized carbons (Fsp3) is 0.353. The summed E-state index contributed by atoms with van der Waals surface area (Å²) in [5.41, 5.74) is 1.42. The Bertz CT molecular complexity index is 711. The van der Waals surface area contributed by atoms with Gasteiger partial charge in [-0.2, -0.15) is 5.10 Å². The van der Waals surface area contributed by atoms with Crippen LogP contribution in [0.15, 0.2) is 36.7 Å². The summed E-state index contributed by atoms with van der Waals surface area (Å²) in [6, 6.07) is 6.35. The zero-order valence-electron chi connectivity index (χ0n) is 14.6. The predicted molar refractivity (Wildman–Crippen MR) is 94.3 cm³/mol. The van der Waals surface area contributed by atoms with E-state index in [-0.39, 0.29) is 18.4 Å². The maximum atomic E-state index is 12.4. The van der Waals surface area contributed by atoms with Crippen molar-refractivity contribution in [3.63, 3.8) is 0 Å². The number of amides is 2. The van der Waals surface area contributed by atoms with Crippen molar-refractivity contribution in [2.24, 2.45) is 7.05 Å². The number of likely N-dealkylation sites (N-methyl/N-ethyl adjacent to an activating group) is 2. The average molecular weight is 345 g/mol. The molecule has 1 heterocycles. The number of aryl methyl sites for hydroxylation is 1.